The molecule has 132 valence electrons. The zero-order valence-corrected chi connectivity index (χ0v) is 15.2. The summed E-state index contributed by atoms with van der Waals surface area (Å²) in [5.74, 6) is -0.212. The van der Waals surface area contributed by atoms with Gasteiger partial charge in [0.15, 0.2) is 0 Å². The van der Waals surface area contributed by atoms with Gasteiger partial charge in [-0.15, -0.1) is 0 Å². The summed E-state index contributed by atoms with van der Waals surface area (Å²) in [6, 6.07) is 6.11. The van der Waals surface area contributed by atoms with Gasteiger partial charge >= 0.3 is 5.69 Å². The number of likely N-dealkylation sites (N-methyl/N-ethyl adjacent to an activating group) is 1. The van der Waals surface area contributed by atoms with E-state index in [1.54, 1.807) is 19.0 Å². The smallest absolute Gasteiger partial charge is 0.330 e. The molecule has 2 rings (SSSR count). The van der Waals surface area contributed by atoms with E-state index in [9.17, 15) is 14.4 Å². The van der Waals surface area contributed by atoms with Gasteiger partial charge in [0.1, 0.15) is 0 Å². The molecule has 0 saturated carbocycles. The molecule has 1 aromatic heterocycles. The molecule has 0 unspecified atom stereocenters. The summed E-state index contributed by atoms with van der Waals surface area (Å²) in [4.78, 5) is 37.6. The molecular formula is C19H23N3O3. The second-order valence-electron chi connectivity index (χ2n) is 6.30. The van der Waals surface area contributed by atoms with E-state index in [-0.39, 0.29) is 11.5 Å². The zero-order chi connectivity index (χ0) is 18.7. The predicted octanol–water partition coefficient (Wildman–Crippen LogP) is 1.37. The van der Waals surface area contributed by atoms with Crippen molar-refractivity contribution >= 4 is 12.0 Å². The van der Waals surface area contributed by atoms with Crippen LogP contribution in [-0.2, 0) is 25.4 Å². The summed E-state index contributed by atoms with van der Waals surface area (Å²) < 4.78 is 2.33. The molecule has 1 heterocycles. The summed E-state index contributed by atoms with van der Waals surface area (Å²) in [7, 11) is 4.69. The molecule has 1 amide bonds. The van der Waals surface area contributed by atoms with E-state index in [0.717, 1.165) is 15.7 Å². The molecular weight excluding hydrogens is 318 g/mol. The molecule has 25 heavy (non-hydrogen) atoms. The fourth-order valence-electron chi connectivity index (χ4n) is 2.60. The van der Waals surface area contributed by atoms with Gasteiger partial charge in [0.05, 0.1) is 5.56 Å². The number of rotatable bonds is 4. The quantitative estimate of drug-likeness (QED) is 0.789. The largest absolute Gasteiger partial charge is 0.338 e. The highest BCUT2D eigenvalue weighted by Crippen LogP contribution is 2.12. The standard InChI is InChI=1S/C19H23N3O3/c1-13-6-7-15(14(2)10-13)11-20(3)17(23)9-8-16-12-21(4)19(25)22(5)18(16)24/h6-10,12H,11H2,1-5H3/b9-8+. The van der Waals surface area contributed by atoms with E-state index in [1.165, 1.54) is 35.5 Å². The Morgan fingerprint density at radius 1 is 1.20 bits per heavy atom. The van der Waals surface area contributed by atoms with Crippen molar-refractivity contribution in [2.45, 2.75) is 20.4 Å². The van der Waals surface area contributed by atoms with Crippen LogP contribution in [0.2, 0.25) is 0 Å². The Balaban J connectivity index is 2.17. The first-order valence-electron chi connectivity index (χ1n) is 7.96. The maximum atomic E-state index is 12.3. The van der Waals surface area contributed by atoms with Crippen LogP contribution >= 0.6 is 0 Å². The minimum Gasteiger partial charge on any atom is -0.338 e. The number of aromatic nitrogens is 2. The van der Waals surface area contributed by atoms with E-state index in [1.807, 2.05) is 26.0 Å². The van der Waals surface area contributed by atoms with Crippen LogP contribution in [0.25, 0.3) is 6.08 Å². The third-order valence-electron chi connectivity index (χ3n) is 4.16. The molecule has 0 bridgehead atoms. The van der Waals surface area contributed by atoms with Crippen molar-refractivity contribution in [1.82, 2.24) is 14.0 Å². The number of hydrogen-bond acceptors (Lipinski definition) is 3. The van der Waals surface area contributed by atoms with Gasteiger partial charge in [-0.05, 0) is 31.1 Å². The number of carbonyl (C=O) groups excluding carboxylic acids is 1. The van der Waals surface area contributed by atoms with Crippen molar-refractivity contribution in [2.24, 2.45) is 14.1 Å². The Labute approximate surface area is 146 Å². The highest BCUT2D eigenvalue weighted by atomic mass is 16.2. The lowest BCUT2D eigenvalue weighted by atomic mass is 10.1. The summed E-state index contributed by atoms with van der Waals surface area (Å²) in [6.45, 7) is 4.54. The Hall–Kier alpha value is -2.89. The number of nitrogens with zero attached hydrogens (tertiary/aromatic N) is 3. The maximum Gasteiger partial charge on any atom is 0.330 e. The molecule has 0 spiro atoms. The third kappa shape index (κ3) is 4.15. The predicted molar refractivity (Wildman–Crippen MR) is 98.3 cm³/mol. The molecule has 0 saturated heterocycles. The van der Waals surface area contributed by atoms with Crippen LogP contribution in [0.5, 0.6) is 0 Å². The summed E-state index contributed by atoms with van der Waals surface area (Å²) >= 11 is 0. The molecule has 0 aliphatic rings. The second kappa shape index (κ2) is 7.34. The lowest BCUT2D eigenvalue weighted by molar-refractivity contribution is -0.125. The van der Waals surface area contributed by atoms with E-state index in [2.05, 4.69) is 6.07 Å². The summed E-state index contributed by atoms with van der Waals surface area (Å²) in [5, 5.41) is 0. The van der Waals surface area contributed by atoms with Gasteiger partial charge in [-0.2, -0.15) is 0 Å². The first-order chi connectivity index (χ1) is 11.7. The van der Waals surface area contributed by atoms with Gasteiger partial charge in [-0.3, -0.25) is 14.2 Å². The minimum absolute atomic E-state index is 0.212. The van der Waals surface area contributed by atoms with Crippen molar-refractivity contribution < 1.29 is 4.79 Å². The number of carbonyl (C=O) groups is 1. The maximum absolute atomic E-state index is 12.3. The van der Waals surface area contributed by atoms with E-state index >= 15 is 0 Å². The van der Waals surface area contributed by atoms with Crippen LogP contribution in [0.3, 0.4) is 0 Å². The van der Waals surface area contributed by atoms with Gasteiger partial charge in [0.25, 0.3) is 5.56 Å². The molecule has 0 aliphatic carbocycles. The van der Waals surface area contributed by atoms with Crippen molar-refractivity contribution in [3.05, 3.63) is 73.6 Å². The van der Waals surface area contributed by atoms with E-state index in [0.29, 0.717) is 6.54 Å². The van der Waals surface area contributed by atoms with Crippen molar-refractivity contribution in [1.29, 1.82) is 0 Å². The van der Waals surface area contributed by atoms with Crippen LogP contribution in [0.1, 0.15) is 22.3 Å². The molecule has 0 aliphatic heterocycles. The lowest BCUT2D eigenvalue weighted by Gasteiger charge is -2.17. The second-order valence-corrected chi connectivity index (χ2v) is 6.30. The number of hydrogen-bond donors (Lipinski definition) is 0. The van der Waals surface area contributed by atoms with Gasteiger partial charge in [0.2, 0.25) is 5.91 Å². The molecule has 2 aromatic rings. The molecule has 6 nitrogen and oxygen atoms in total. The van der Waals surface area contributed by atoms with E-state index < -0.39 is 11.2 Å². The first kappa shape index (κ1) is 18.4. The topological polar surface area (TPSA) is 64.3 Å². The monoisotopic (exact) mass is 341 g/mol. The van der Waals surface area contributed by atoms with Crippen LogP contribution in [-0.4, -0.2) is 27.0 Å². The molecule has 0 radical (unpaired) electrons. The van der Waals surface area contributed by atoms with E-state index in [4.69, 9.17) is 0 Å². The first-order valence-corrected chi connectivity index (χ1v) is 7.96. The number of amides is 1. The fourth-order valence-corrected chi connectivity index (χ4v) is 2.60. The van der Waals surface area contributed by atoms with Crippen molar-refractivity contribution in [2.75, 3.05) is 7.05 Å². The molecule has 6 heteroatoms. The van der Waals surface area contributed by atoms with Gasteiger partial charge < -0.3 is 9.47 Å². The molecule has 0 N–H and O–H groups in total. The SMILES string of the molecule is Cc1ccc(CN(C)C(=O)/C=C/c2cn(C)c(=O)n(C)c2=O)c(C)c1. The van der Waals surface area contributed by atoms with Crippen molar-refractivity contribution in [3.63, 3.8) is 0 Å². The van der Waals surface area contributed by atoms with Crippen LogP contribution in [0, 0.1) is 13.8 Å². The Bertz CT molecular complexity index is 951. The Kier molecular flexibility index (Phi) is 5.41. The van der Waals surface area contributed by atoms with Gasteiger partial charge in [-0.25, -0.2) is 4.79 Å². The average molecular weight is 341 g/mol. The van der Waals surface area contributed by atoms with Crippen molar-refractivity contribution in [3.8, 4) is 0 Å². The number of benzene rings is 1. The van der Waals surface area contributed by atoms with Gasteiger partial charge in [-0.1, -0.05) is 23.8 Å². The average Bonchev–Trinajstić information content (AvgIpc) is 2.57. The summed E-state index contributed by atoms with van der Waals surface area (Å²) in [5.41, 5.74) is 2.85. The Morgan fingerprint density at radius 3 is 2.52 bits per heavy atom. The molecule has 0 atom stereocenters. The fraction of sp³-hybridized carbons (Fsp3) is 0.316. The summed E-state index contributed by atoms with van der Waals surface area (Å²) in [6.07, 6.45) is 4.23. The third-order valence-corrected chi connectivity index (χ3v) is 4.16. The molecule has 0 fully saturated rings. The highest BCUT2D eigenvalue weighted by Gasteiger charge is 2.09. The zero-order valence-electron chi connectivity index (χ0n) is 15.2. The lowest BCUT2D eigenvalue weighted by Crippen LogP contribution is -2.37. The van der Waals surface area contributed by atoms with Crippen LogP contribution < -0.4 is 11.2 Å². The van der Waals surface area contributed by atoms with Crippen LogP contribution in [0.4, 0.5) is 0 Å². The minimum atomic E-state index is -0.427. The van der Waals surface area contributed by atoms with Crippen LogP contribution in [0.15, 0.2) is 40.1 Å². The normalized spacial score (nSPS) is 11.1. The number of aryl methyl sites for hydroxylation is 3. The molecule has 1 aromatic carbocycles. The highest BCUT2D eigenvalue weighted by molar-refractivity contribution is 5.91. The Morgan fingerprint density at radius 2 is 1.88 bits per heavy atom. The van der Waals surface area contributed by atoms with Gasteiger partial charge in [0, 0.05) is 40.0 Å².